The second-order valence-corrected chi connectivity index (χ2v) is 9.50. The van der Waals surface area contributed by atoms with Gasteiger partial charge in [-0.2, -0.15) is 92.2 Å². The number of hydrogen-bond donors (Lipinski definition) is 0. The number of alkyl halides is 22. The van der Waals surface area contributed by atoms with Gasteiger partial charge in [0.1, 0.15) is 0 Å². The van der Waals surface area contributed by atoms with Crippen LogP contribution in [0.4, 0.5) is 92.2 Å². The van der Waals surface area contributed by atoms with E-state index in [-0.39, 0.29) is 12.8 Å². The number of hydrogen-bond acceptors (Lipinski definition) is 0. The molecule has 22 heteroatoms. The zero-order valence-corrected chi connectivity index (χ0v) is 19.9. The Labute approximate surface area is 211 Å². The van der Waals surface area contributed by atoms with E-state index in [1.54, 1.807) is 0 Å². The van der Waals surface area contributed by atoms with Gasteiger partial charge in [-0.05, 0) is 6.42 Å². The molecule has 0 aromatic rings. The van der Waals surface area contributed by atoms with Crippen LogP contribution in [0.5, 0.6) is 0 Å². The van der Waals surface area contributed by atoms with Gasteiger partial charge >= 0.3 is 59.5 Å². The summed E-state index contributed by atoms with van der Waals surface area (Å²) in [6, 6.07) is 0. The monoisotopic (exact) mass is 730 g/mol. The van der Waals surface area contributed by atoms with E-state index < -0.39 is 76.2 Å². The van der Waals surface area contributed by atoms with Crippen molar-refractivity contribution in [2.75, 3.05) is 0 Å². The predicted octanol–water partition coefficient (Wildman–Crippen LogP) is 9.65. The van der Waals surface area contributed by atoms with Gasteiger partial charge in [0.2, 0.25) is 0 Å². The summed E-state index contributed by atoms with van der Waals surface area (Å²) < 4.78 is 277. The predicted molar refractivity (Wildman–Crippen MR) is 92.5 cm³/mol. The Hall–Kier alpha value is -0.740. The lowest BCUT2D eigenvalue weighted by atomic mass is 9.85. The fraction of sp³-hybridized carbons (Fsp3) is 1.00. The van der Waals surface area contributed by atoms with Gasteiger partial charge in [-0.15, -0.1) is 0 Å². The van der Waals surface area contributed by atoms with E-state index in [4.69, 9.17) is 0 Å². The molecule has 0 aliphatic heterocycles. The molecule has 0 aromatic carbocycles. The highest BCUT2D eigenvalue weighted by molar-refractivity contribution is 14.1. The molecular weight excluding hydrogens is 718 g/mol. The fourth-order valence-electron chi connectivity index (χ4n) is 2.52. The zero-order chi connectivity index (χ0) is 31.4. The Kier molecular flexibility index (Phi) is 10.1. The third-order valence-corrected chi connectivity index (χ3v) is 5.99. The first-order valence-electron chi connectivity index (χ1n) is 9.31. The van der Waals surface area contributed by atoms with Crippen molar-refractivity contribution in [3.05, 3.63) is 0 Å². The normalized spacial score (nSPS) is 17.1. The van der Waals surface area contributed by atoms with Crippen LogP contribution in [0.3, 0.4) is 0 Å². The Morgan fingerprint density at radius 3 is 0.974 bits per heavy atom. The van der Waals surface area contributed by atoms with Crippen molar-refractivity contribution in [2.24, 2.45) is 0 Å². The van der Waals surface area contributed by atoms with E-state index >= 15 is 0 Å². The highest BCUT2D eigenvalue weighted by Gasteiger charge is 2.97. The standard InChI is InChI=1S/C16H12F21I/c1-2-3-4-6(38)5-7(17,18)8(19,20)9(21,22)10(23,24)11(25,26)12(27,28)13(29,30)14(31,32)15(33,34)16(35,36)37/h6H,2-5H2,1H3. The van der Waals surface area contributed by atoms with Gasteiger partial charge in [-0.1, -0.05) is 42.4 Å². The molecule has 0 rings (SSSR count). The molecule has 0 bridgehead atoms. The van der Waals surface area contributed by atoms with Crippen molar-refractivity contribution < 1.29 is 92.2 Å². The molecule has 0 aliphatic carbocycles. The van der Waals surface area contributed by atoms with Gasteiger partial charge in [0.05, 0.1) is 0 Å². The minimum absolute atomic E-state index is 0.0854. The van der Waals surface area contributed by atoms with Crippen molar-refractivity contribution in [2.45, 2.75) is 96.0 Å². The van der Waals surface area contributed by atoms with E-state index in [1.807, 2.05) is 0 Å². The minimum atomic E-state index is -9.14. The highest BCUT2D eigenvalue weighted by Crippen LogP contribution is 2.66. The third-order valence-electron chi connectivity index (χ3n) is 4.92. The summed E-state index contributed by atoms with van der Waals surface area (Å²) in [6.45, 7) is 1.39. The van der Waals surface area contributed by atoms with Crippen LogP contribution in [0, 0.1) is 0 Å². The van der Waals surface area contributed by atoms with Gasteiger partial charge in [-0.25, -0.2) is 0 Å². The molecule has 230 valence electrons. The van der Waals surface area contributed by atoms with Gasteiger partial charge in [0.25, 0.3) is 0 Å². The van der Waals surface area contributed by atoms with E-state index in [0.717, 1.165) is 22.6 Å². The summed E-state index contributed by atoms with van der Waals surface area (Å²) in [7, 11) is 0. The van der Waals surface area contributed by atoms with Crippen molar-refractivity contribution in [1.82, 2.24) is 0 Å². The molecule has 0 fully saturated rings. The van der Waals surface area contributed by atoms with Crippen LogP contribution < -0.4 is 0 Å². The first-order chi connectivity index (χ1) is 16.2. The van der Waals surface area contributed by atoms with Crippen LogP contribution in [-0.2, 0) is 0 Å². The molecule has 1 atom stereocenters. The summed E-state index contributed by atoms with van der Waals surface area (Å²) in [5, 5.41) is 0. The summed E-state index contributed by atoms with van der Waals surface area (Å²) in [5.74, 6) is -76.3. The number of halogens is 22. The topological polar surface area (TPSA) is 0 Å². The molecule has 0 aromatic heterocycles. The van der Waals surface area contributed by atoms with Crippen LogP contribution >= 0.6 is 22.6 Å². The largest absolute Gasteiger partial charge is 0.460 e. The van der Waals surface area contributed by atoms with Crippen LogP contribution in [0.1, 0.15) is 32.6 Å². The lowest BCUT2D eigenvalue weighted by Crippen LogP contribution is -2.76. The van der Waals surface area contributed by atoms with Crippen LogP contribution in [-0.4, -0.2) is 63.4 Å². The van der Waals surface area contributed by atoms with Crippen LogP contribution in [0.15, 0.2) is 0 Å². The first kappa shape index (κ1) is 37.3. The smallest absolute Gasteiger partial charge is 0.200 e. The van der Waals surface area contributed by atoms with Crippen LogP contribution in [0.2, 0.25) is 0 Å². The van der Waals surface area contributed by atoms with Gasteiger partial charge in [0, 0.05) is 10.3 Å². The van der Waals surface area contributed by atoms with E-state index in [0.29, 0.717) is 0 Å². The molecule has 0 saturated heterocycles. The Bertz CT molecular complexity index is 811. The summed E-state index contributed by atoms with van der Waals surface area (Å²) >= 11 is 0.882. The Morgan fingerprint density at radius 1 is 0.447 bits per heavy atom. The molecule has 0 aliphatic rings. The van der Waals surface area contributed by atoms with Crippen LogP contribution in [0.25, 0.3) is 0 Å². The molecule has 0 heterocycles. The summed E-state index contributed by atoms with van der Waals surface area (Å²) in [6.07, 6.45) is -11.0. The molecule has 0 N–H and O–H groups in total. The fourth-order valence-corrected chi connectivity index (χ4v) is 3.52. The minimum Gasteiger partial charge on any atom is -0.200 e. The van der Waals surface area contributed by atoms with Gasteiger partial charge < -0.3 is 0 Å². The molecule has 0 nitrogen and oxygen atoms in total. The SMILES string of the molecule is CCCCC(I)CC(F)(F)C(F)(F)C(F)(F)C(F)(F)C(F)(F)C(F)(F)C(F)(F)C(F)(F)C(F)(F)C(F)(F)F. The maximum Gasteiger partial charge on any atom is 0.460 e. The quantitative estimate of drug-likeness (QED) is 0.101. The average molecular weight is 730 g/mol. The van der Waals surface area contributed by atoms with E-state index in [2.05, 4.69) is 0 Å². The molecule has 38 heavy (non-hydrogen) atoms. The van der Waals surface area contributed by atoms with Crippen molar-refractivity contribution >= 4 is 22.6 Å². The summed E-state index contributed by atoms with van der Waals surface area (Å²) in [5.41, 5.74) is 0. The van der Waals surface area contributed by atoms with E-state index in [1.165, 1.54) is 6.92 Å². The Balaban J connectivity index is 6.88. The van der Waals surface area contributed by atoms with Crippen molar-refractivity contribution in [1.29, 1.82) is 0 Å². The number of rotatable bonds is 13. The maximum atomic E-state index is 13.8. The second kappa shape index (κ2) is 10.3. The zero-order valence-electron chi connectivity index (χ0n) is 17.7. The maximum absolute atomic E-state index is 13.8. The van der Waals surface area contributed by atoms with Crippen molar-refractivity contribution in [3.8, 4) is 0 Å². The molecule has 0 saturated carbocycles. The van der Waals surface area contributed by atoms with Gasteiger partial charge in [-0.3, -0.25) is 0 Å². The molecule has 0 amide bonds. The molecular formula is C16H12F21I. The second-order valence-electron chi connectivity index (χ2n) is 7.74. The highest BCUT2D eigenvalue weighted by atomic mass is 127. The lowest BCUT2D eigenvalue weighted by molar-refractivity contribution is -0.474. The molecule has 0 radical (unpaired) electrons. The third kappa shape index (κ3) is 5.19. The van der Waals surface area contributed by atoms with Crippen molar-refractivity contribution in [3.63, 3.8) is 0 Å². The Morgan fingerprint density at radius 2 is 0.711 bits per heavy atom. The molecule has 0 spiro atoms. The number of unbranched alkanes of at least 4 members (excludes halogenated alkanes) is 1. The lowest BCUT2D eigenvalue weighted by Gasteiger charge is -2.44. The van der Waals surface area contributed by atoms with E-state index in [9.17, 15) is 92.2 Å². The summed E-state index contributed by atoms with van der Waals surface area (Å²) in [4.78, 5) is 0. The first-order valence-corrected chi connectivity index (χ1v) is 10.6. The van der Waals surface area contributed by atoms with Gasteiger partial charge in [0.15, 0.2) is 0 Å². The molecule has 1 unspecified atom stereocenters. The average Bonchev–Trinajstić information content (AvgIpc) is 2.69.